The van der Waals surface area contributed by atoms with Gasteiger partial charge in [-0.1, -0.05) is 12.1 Å². The molecule has 1 saturated heterocycles. The molecule has 10 heteroatoms. The molecule has 134 valence electrons. The second-order valence-electron chi connectivity index (χ2n) is 5.93. The number of nitrogens with zero attached hydrogens (tertiary/aromatic N) is 2. The van der Waals surface area contributed by atoms with Crippen molar-refractivity contribution in [1.82, 2.24) is 4.90 Å². The topological polar surface area (TPSA) is 134 Å². The Morgan fingerprint density at radius 3 is 2.58 bits per heavy atom. The zero-order valence-corrected chi connectivity index (χ0v) is 13.7. The first-order valence-electron chi connectivity index (χ1n) is 8.00. The highest BCUT2D eigenvalue weighted by molar-refractivity contribution is 6.82. The van der Waals surface area contributed by atoms with E-state index in [0.29, 0.717) is 5.56 Å². The number of aromatic carboxylic acids is 1. The van der Waals surface area contributed by atoms with E-state index in [1.165, 1.54) is 12.1 Å². The van der Waals surface area contributed by atoms with Crippen molar-refractivity contribution in [3.05, 3.63) is 29.3 Å². The average Bonchev–Trinajstić information content (AvgIpc) is 2.91. The Kier molecular flexibility index (Phi) is 4.85. The number of aliphatic imine (C=N–C) groups is 1. The molecule has 0 unspecified atom stereocenters. The second-order valence-corrected chi connectivity index (χ2v) is 5.93. The Bertz CT molecular complexity index is 820. The Hall–Kier alpha value is -3.01. The van der Waals surface area contributed by atoms with E-state index in [2.05, 4.69) is 4.99 Å². The summed E-state index contributed by atoms with van der Waals surface area (Å²) in [6.07, 6.45) is 0.203. The molecule has 0 radical (unpaired) electrons. The number of carboxylic acid groups (broad SMARTS) is 1. The van der Waals surface area contributed by atoms with Crippen molar-refractivity contribution in [2.24, 2.45) is 4.99 Å². The third kappa shape index (κ3) is 3.50. The highest BCUT2D eigenvalue weighted by atomic mass is 16.5. The van der Waals surface area contributed by atoms with Gasteiger partial charge in [0.05, 0.1) is 11.2 Å². The lowest BCUT2D eigenvalue weighted by molar-refractivity contribution is -0.138. The smallest absolute Gasteiger partial charge is 0.531 e. The number of likely N-dealkylation sites (tertiary alicyclic amines) is 1. The number of hydrogen-bond donors (Lipinski definition) is 2. The molecule has 26 heavy (non-hydrogen) atoms. The highest BCUT2D eigenvalue weighted by Crippen LogP contribution is 2.29. The number of carbonyl (C=O) groups excluding carboxylic acids is 3. The molecular formula is C16H15BN2O7. The molecule has 2 aliphatic heterocycles. The molecular weight excluding hydrogens is 343 g/mol. The van der Waals surface area contributed by atoms with Gasteiger partial charge >= 0.3 is 13.1 Å². The summed E-state index contributed by atoms with van der Waals surface area (Å²) in [7, 11) is -1.54. The van der Waals surface area contributed by atoms with Crippen LogP contribution in [0.4, 0.5) is 0 Å². The fourth-order valence-corrected chi connectivity index (χ4v) is 2.88. The molecule has 1 fully saturated rings. The summed E-state index contributed by atoms with van der Waals surface area (Å²) in [5.41, 5.74) is 0.453. The van der Waals surface area contributed by atoms with Gasteiger partial charge in [0, 0.05) is 32.2 Å². The van der Waals surface area contributed by atoms with E-state index in [0.717, 1.165) is 4.90 Å². The van der Waals surface area contributed by atoms with Crippen LogP contribution in [0.1, 0.15) is 35.2 Å². The maximum Gasteiger partial charge on any atom is 0.575 e. The summed E-state index contributed by atoms with van der Waals surface area (Å²) in [6, 6.07) is 4.51. The van der Waals surface area contributed by atoms with Crippen LogP contribution in [-0.4, -0.2) is 58.0 Å². The van der Waals surface area contributed by atoms with Gasteiger partial charge in [-0.3, -0.25) is 19.3 Å². The summed E-state index contributed by atoms with van der Waals surface area (Å²) in [5.74, 6) is -2.37. The predicted molar refractivity (Wildman–Crippen MR) is 88.7 cm³/mol. The minimum Gasteiger partial charge on any atom is -0.531 e. The van der Waals surface area contributed by atoms with Gasteiger partial charge in [-0.2, -0.15) is 0 Å². The van der Waals surface area contributed by atoms with Crippen molar-refractivity contribution in [3.63, 3.8) is 0 Å². The van der Waals surface area contributed by atoms with Crippen molar-refractivity contribution < 1.29 is 34.0 Å². The van der Waals surface area contributed by atoms with Gasteiger partial charge in [0.15, 0.2) is 0 Å². The van der Waals surface area contributed by atoms with Crippen LogP contribution in [0, 0.1) is 0 Å². The summed E-state index contributed by atoms with van der Waals surface area (Å²) in [5, 5.41) is 19.2. The molecule has 0 atom stereocenters. The summed E-state index contributed by atoms with van der Waals surface area (Å²) in [6.45, 7) is -0.0516. The number of amides is 3. The number of fused-ring (bicyclic) bond motifs is 1. The minimum absolute atomic E-state index is 0.0455. The van der Waals surface area contributed by atoms with E-state index >= 15 is 0 Å². The van der Waals surface area contributed by atoms with Crippen molar-refractivity contribution >= 4 is 36.4 Å². The number of imide groups is 1. The van der Waals surface area contributed by atoms with E-state index < -0.39 is 19.0 Å². The molecule has 1 aromatic rings. The molecule has 1 aromatic carbocycles. The van der Waals surface area contributed by atoms with Crippen LogP contribution in [0.3, 0.4) is 0 Å². The molecule has 0 aromatic heterocycles. The molecule has 0 aliphatic carbocycles. The van der Waals surface area contributed by atoms with E-state index in [4.69, 9.17) is 9.76 Å². The standard InChI is InChI=1S/C16H15BN2O7/c20-12(6-7-19-13(21)4-5-14(19)22)18-11-8-9-2-1-3-10(16(23)24)15(9)26-17(11)25/h1-3,25H,4-8H2,(H,23,24). The van der Waals surface area contributed by atoms with E-state index in [-0.39, 0.29) is 61.0 Å². The Balaban J connectivity index is 1.70. The van der Waals surface area contributed by atoms with Gasteiger partial charge in [0.2, 0.25) is 17.7 Å². The van der Waals surface area contributed by atoms with Crippen molar-refractivity contribution in [2.75, 3.05) is 6.54 Å². The first kappa shape index (κ1) is 17.8. The summed E-state index contributed by atoms with van der Waals surface area (Å²) >= 11 is 0. The average molecular weight is 358 g/mol. The van der Waals surface area contributed by atoms with E-state index in [1.807, 2.05) is 0 Å². The van der Waals surface area contributed by atoms with E-state index in [9.17, 15) is 24.2 Å². The second kappa shape index (κ2) is 7.08. The lowest BCUT2D eigenvalue weighted by Gasteiger charge is -2.22. The molecule has 2 heterocycles. The van der Waals surface area contributed by atoms with Crippen LogP contribution >= 0.6 is 0 Å². The van der Waals surface area contributed by atoms with Gasteiger partial charge in [-0.05, 0) is 11.6 Å². The van der Waals surface area contributed by atoms with Crippen LogP contribution in [0.25, 0.3) is 0 Å². The summed E-state index contributed by atoms with van der Waals surface area (Å²) in [4.78, 5) is 51.1. The SMILES string of the molecule is O=C(CCN1C(=O)CCC1=O)N=C1Cc2cccc(C(=O)O)c2OB1O. The van der Waals surface area contributed by atoms with E-state index in [1.54, 1.807) is 6.07 Å². The normalized spacial score (nSPS) is 18.1. The number of benzene rings is 1. The number of rotatable bonds is 4. The van der Waals surface area contributed by atoms with Gasteiger partial charge < -0.3 is 14.8 Å². The number of carbonyl (C=O) groups is 4. The van der Waals surface area contributed by atoms with Crippen LogP contribution < -0.4 is 4.65 Å². The lowest BCUT2D eigenvalue weighted by atomic mass is 9.75. The van der Waals surface area contributed by atoms with Gasteiger partial charge in [-0.25, -0.2) is 9.79 Å². The van der Waals surface area contributed by atoms with Crippen molar-refractivity contribution in [2.45, 2.75) is 25.7 Å². The first-order chi connectivity index (χ1) is 12.4. The molecule has 3 amide bonds. The van der Waals surface area contributed by atoms with Gasteiger partial charge in [-0.15, -0.1) is 0 Å². The molecule has 2 aliphatic rings. The molecule has 3 rings (SSSR count). The third-order valence-electron chi connectivity index (χ3n) is 4.19. The maximum atomic E-state index is 12.0. The summed E-state index contributed by atoms with van der Waals surface area (Å²) < 4.78 is 5.22. The predicted octanol–water partition coefficient (Wildman–Crippen LogP) is -0.154. The molecule has 2 N–H and O–H groups in total. The fourth-order valence-electron chi connectivity index (χ4n) is 2.88. The van der Waals surface area contributed by atoms with Crippen molar-refractivity contribution in [3.8, 4) is 5.75 Å². The molecule has 0 spiro atoms. The zero-order valence-electron chi connectivity index (χ0n) is 13.7. The van der Waals surface area contributed by atoms with Crippen LogP contribution in [0.2, 0.25) is 0 Å². The monoisotopic (exact) mass is 358 g/mol. The Labute approximate surface area is 148 Å². The third-order valence-corrected chi connectivity index (χ3v) is 4.19. The van der Waals surface area contributed by atoms with Gasteiger partial charge in [0.1, 0.15) is 5.75 Å². The largest absolute Gasteiger partial charge is 0.575 e. The first-order valence-corrected chi connectivity index (χ1v) is 8.00. The number of para-hydroxylation sites is 1. The number of carboxylic acids is 1. The maximum absolute atomic E-state index is 12.0. The highest BCUT2D eigenvalue weighted by Gasteiger charge is 2.34. The van der Waals surface area contributed by atoms with Crippen LogP contribution in [0.5, 0.6) is 5.75 Å². The van der Waals surface area contributed by atoms with Gasteiger partial charge in [0.25, 0.3) is 0 Å². The van der Waals surface area contributed by atoms with Crippen molar-refractivity contribution in [1.29, 1.82) is 0 Å². The lowest BCUT2D eigenvalue weighted by Crippen LogP contribution is -2.39. The molecule has 0 saturated carbocycles. The molecule has 0 bridgehead atoms. The van der Waals surface area contributed by atoms with Crippen LogP contribution in [0.15, 0.2) is 23.2 Å². The number of hydrogen-bond acceptors (Lipinski definition) is 6. The quantitative estimate of drug-likeness (QED) is 0.565. The Morgan fingerprint density at radius 1 is 1.23 bits per heavy atom. The van der Waals surface area contributed by atoms with Crippen LogP contribution in [-0.2, 0) is 20.8 Å². The fraction of sp³-hybridized carbons (Fsp3) is 0.312. The minimum atomic E-state index is -1.54. The Morgan fingerprint density at radius 2 is 1.92 bits per heavy atom. The molecule has 9 nitrogen and oxygen atoms in total. The zero-order chi connectivity index (χ0) is 18.8.